The van der Waals surface area contributed by atoms with Crippen LogP contribution in [0.3, 0.4) is 0 Å². The third kappa shape index (κ3) is 3.93. The standard InChI is InChI=1S/C18H10Cl2N4O4S/c19-12-7-21-24(17(25)15(12)20)13-4-2-1-3-11(13)18(26)27-8-14-22-16(28-23-14)10-5-6-29-9-10/h1-7,9H,8H2. The molecule has 0 aliphatic carbocycles. The number of carbonyl (C=O) groups excluding carboxylic acids is 1. The van der Waals surface area contributed by atoms with Gasteiger partial charge in [0.05, 0.1) is 28.0 Å². The highest BCUT2D eigenvalue weighted by Crippen LogP contribution is 2.21. The van der Waals surface area contributed by atoms with E-state index in [1.807, 2.05) is 16.8 Å². The Morgan fingerprint density at radius 3 is 2.86 bits per heavy atom. The van der Waals surface area contributed by atoms with E-state index >= 15 is 0 Å². The van der Waals surface area contributed by atoms with Gasteiger partial charge in [0, 0.05) is 5.38 Å². The van der Waals surface area contributed by atoms with Gasteiger partial charge in [0.25, 0.3) is 11.4 Å². The maximum Gasteiger partial charge on any atom is 0.340 e. The summed E-state index contributed by atoms with van der Waals surface area (Å²) in [5, 5.41) is 11.3. The second-order valence-electron chi connectivity index (χ2n) is 5.64. The van der Waals surface area contributed by atoms with Crippen molar-refractivity contribution in [3.8, 4) is 17.1 Å². The maximum absolute atomic E-state index is 12.6. The molecule has 0 unspecified atom stereocenters. The van der Waals surface area contributed by atoms with E-state index in [0.717, 1.165) is 10.2 Å². The first-order chi connectivity index (χ1) is 14.0. The van der Waals surface area contributed by atoms with E-state index in [4.69, 9.17) is 32.5 Å². The highest BCUT2D eigenvalue weighted by molar-refractivity contribution is 7.08. The van der Waals surface area contributed by atoms with Gasteiger partial charge in [-0.3, -0.25) is 4.79 Å². The number of halogens is 2. The Bertz CT molecular complexity index is 1240. The third-order valence-corrected chi connectivity index (χ3v) is 5.23. The smallest absolute Gasteiger partial charge is 0.340 e. The van der Waals surface area contributed by atoms with Crippen molar-refractivity contribution in [3.63, 3.8) is 0 Å². The van der Waals surface area contributed by atoms with Crippen LogP contribution in [0.5, 0.6) is 0 Å². The summed E-state index contributed by atoms with van der Waals surface area (Å²) in [7, 11) is 0. The Labute approximate surface area is 177 Å². The largest absolute Gasteiger partial charge is 0.454 e. The number of benzene rings is 1. The number of carbonyl (C=O) groups is 1. The van der Waals surface area contributed by atoms with Gasteiger partial charge >= 0.3 is 5.97 Å². The minimum absolute atomic E-state index is 0.0199. The second kappa shape index (κ2) is 8.16. The van der Waals surface area contributed by atoms with Crippen LogP contribution in [0.4, 0.5) is 0 Å². The van der Waals surface area contributed by atoms with Crippen molar-refractivity contribution in [2.75, 3.05) is 0 Å². The Morgan fingerprint density at radius 1 is 1.24 bits per heavy atom. The monoisotopic (exact) mass is 448 g/mol. The number of nitrogens with zero attached hydrogens (tertiary/aromatic N) is 4. The van der Waals surface area contributed by atoms with E-state index in [9.17, 15) is 9.59 Å². The van der Waals surface area contributed by atoms with E-state index < -0.39 is 11.5 Å². The molecule has 0 spiro atoms. The van der Waals surface area contributed by atoms with Gasteiger partial charge in [-0.1, -0.05) is 40.5 Å². The summed E-state index contributed by atoms with van der Waals surface area (Å²) < 4.78 is 11.4. The van der Waals surface area contributed by atoms with Gasteiger partial charge in [0.2, 0.25) is 5.82 Å². The summed E-state index contributed by atoms with van der Waals surface area (Å²) in [5.74, 6) is -0.145. The molecule has 0 amide bonds. The van der Waals surface area contributed by atoms with Crippen LogP contribution in [0.25, 0.3) is 17.1 Å². The number of thiophene rings is 1. The zero-order chi connectivity index (χ0) is 20.4. The molecule has 0 atom stereocenters. The fourth-order valence-corrected chi connectivity index (χ4v) is 3.32. The van der Waals surface area contributed by atoms with Gasteiger partial charge in [-0.2, -0.15) is 26.1 Å². The zero-order valence-electron chi connectivity index (χ0n) is 14.4. The van der Waals surface area contributed by atoms with Crippen molar-refractivity contribution in [2.24, 2.45) is 0 Å². The van der Waals surface area contributed by atoms with Crippen molar-refractivity contribution in [2.45, 2.75) is 6.61 Å². The lowest BCUT2D eigenvalue weighted by molar-refractivity contribution is 0.0459. The molecule has 3 heterocycles. The Balaban J connectivity index is 1.56. The summed E-state index contributed by atoms with van der Waals surface area (Å²) in [6, 6.07) is 8.16. The summed E-state index contributed by atoms with van der Waals surface area (Å²) in [5.41, 5.74) is 0.448. The van der Waals surface area contributed by atoms with Crippen LogP contribution in [0.1, 0.15) is 16.2 Å². The Morgan fingerprint density at radius 2 is 2.07 bits per heavy atom. The molecule has 0 radical (unpaired) electrons. The number of para-hydroxylation sites is 1. The highest BCUT2D eigenvalue weighted by Gasteiger charge is 2.19. The normalized spacial score (nSPS) is 10.8. The van der Waals surface area contributed by atoms with Gasteiger partial charge in [-0.15, -0.1) is 0 Å². The SMILES string of the molecule is O=C(OCc1noc(-c2ccsc2)n1)c1ccccc1-n1ncc(Cl)c(Cl)c1=O. The minimum Gasteiger partial charge on any atom is -0.454 e. The quantitative estimate of drug-likeness (QED) is 0.425. The lowest BCUT2D eigenvalue weighted by Gasteiger charge is -2.10. The van der Waals surface area contributed by atoms with Gasteiger partial charge < -0.3 is 9.26 Å². The summed E-state index contributed by atoms with van der Waals surface area (Å²) in [4.78, 5) is 29.1. The van der Waals surface area contributed by atoms with Crippen LogP contribution in [-0.4, -0.2) is 25.9 Å². The predicted octanol–water partition coefficient (Wildman–Crippen LogP) is 4.01. The molecule has 146 valence electrons. The molecule has 0 bridgehead atoms. The van der Waals surface area contributed by atoms with Gasteiger partial charge in [-0.05, 0) is 23.6 Å². The number of ether oxygens (including phenoxy) is 1. The molecule has 0 saturated carbocycles. The van der Waals surface area contributed by atoms with Gasteiger partial charge in [0.1, 0.15) is 5.02 Å². The number of esters is 1. The Hall–Kier alpha value is -3.01. The highest BCUT2D eigenvalue weighted by atomic mass is 35.5. The summed E-state index contributed by atoms with van der Waals surface area (Å²) in [6.45, 7) is -0.204. The maximum atomic E-state index is 12.6. The van der Waals surface area contributed by atoms with E-state index in [1.165, 1.54) is 29.7 Å². The van der Waals surface area contributed by atoms with Crippen molar-refractivity contribution in [3.05, 3.63) is 79.1 Å². The molecule has 0 N–H and O–H groups in total. The van der Waals surface area contributed by atoms with E-state index in [2.05, 4.69) is 15.2 Å². The lowest BCUT2D eigenvalue weighted by Crippen LogP contribution is -2.24. The average Bonchev–Trinajstić information content (AvgIpc) is 3.42. The minimum atomic E-state index is -0.692. The second-order valence-corrected chi connectivity index (χ2v) is 7.21. The van der Waals surface area contributed by atoms with Gasteiger partial charge in [-0.25, -0.2) is 4.79 Å². The van der Waals surface area contributed by atoms with Gasteiger partial charge in [0.15, 0.2) is 6.61 Å². The fraction of sp³-hybridized carbons (Fsp3) is 0.0556. The molecule has 29 heavy (non-hydrogen) atoms. The van der Waals surface area contributed by atoms with Crippen LogP contribution >= 0.6 is 34.5 Å². The number of rotatable bonds is 5. The molecule has 8 nitrogen and oxygen atoms in total. The van der Waals surface area contributed by atoms with E-state index in [0.29, 0.717) is 5.89 Å². The molecule has 0 saturated heterocycles. The molecule has 1 aromatic carbocycles. The first-order valence-corrected chi connectivity index (χ1v) is 9.79. The fourth-order valence-electron chi connectivity index (χ4n) is 2.44. The van der Waals surface area contributed by atoms with Crippen molar-refractivity contribution < 1.29 is 14.1 Å². The van der Waals surface area contributed by atoms with Crippen molar-refractivity contribution in [1.82, 2.24) is 19.9 Å². The number of hydrogen-bond donors (Lipinski definition) is 0. The van der Waals surface area contributed by atoms with E-state index in [1.54, 1.807) is 12.1 Å². The van der Waals surface area contributed by atoms with Crippen LogP contribution in [0.2, 0.25) is 10.0 Å². The Kier molecular flexibility index (Phi) is 5.43. The molecule has 0 aliphatic rings. The third-order valence-electron chi connectivity index (χ3n) is 3.80. The zero-order valence-corrected chi connectivity index (χ0v) is 16.7. The molecule has 11 heteroatoms. The molecule has 0 fully saturated rings. The van der Waals surface area contributed by atoms with E-state index in [-0.39, 0.29) is 33.7 Å². The first kappa shape index (κ1) is 19.3. The van der Waals surface area contributed by atoms with Crippen molar-refractivity contribution >= 4 is 40.5 Å². The molecule has 0 aliphatic heterocycles. The van der Waals surface area contributed by atoms with Crippen LogP contribution in [-0.2, 0) is 11.3 Å². The number of hydrogen-bond acceptors (Lipinski definition) is 8. The van der Waals surface area contributed by atoms with Crippen LogP contribution in [0.15, 0.2) is 56.6 Å². The molecule has 4 aromatic rings. The molecular formula is C18H10Cl2N4O4S. The lowest BCUT2D eigenvalue weighted by atomic mass is 10.2. The summed E-state index contributed by atoms with van der Waals surface area (Å²) in [6.07, 6.45) is 1.22. The van der Waals surface area contributed by atoms with Crippen LogP contribution in [0, 0.1) is 0 Å². The molecular weight excluding hydrogens is 439 g/mol. The first-order valence-electron chi connectivity index (χ1n) is 8.09. The predicted molar refractivity (Wildman–Crippen MR) is 107 cm³/mol. The average molecular weight is 449 g/mol. The summed E-state index contributed by atoms with van der Waals surface area (Å²) >= 11 is 13.2. The topological polar surface area (TPSA) is 100 Å². The van der Waals surface area contributed by atoms with Crippen LogP contribution < -0.4 is 5.56 Å². The number of aromatic nitrogens is 4. The van der Waals surface area contributed by atoms with Crippen molar-refractivity contribution in [1.29, 1.82) is 0 Å². The molecule has 3 aromatic heterocycles. The molecule has 4 rings (SSSR count).